The van der Waals surface area contributed by atoms with Crippen LogP contribution < -0.4 is 0 Å². The van der Waals surface area contributed by atoms with Crippen LogP contribution >= 0.6 is 0 Å². The zero-order chi connectivity index (χ0) is 10.2. The minimum absolute atomic E-state index is 0.464. The Kier molecular flexibility index (Phi) is 4.98. The summed E-state index contributed by atoms with van der Waals surface area (Å²) in [6.07, 6.45) is 5.24. The standard InChI is InChI=1S/C7H8.C6H10O/c1-7-5-3-2-4-6-7;7-6-4-2-1-3-5-6/h2-6H,1H3;1-5H2. The summed E-state index contributed by atoms with van der Waals surface area (Å²) in [5, 5.41) is 0. The Morgan fingerprint density at radius 2 is 1.50 bits per heavy atom. The van der Waals surface area contributed by atoms with E-state index < -0.39 is 0 Å². The molecule has 0 bridgehead atoms. The summed E-state index contributed by atoms with van der Waals surface area (Å²) >= 11 is 0. The molecule has 0 heterocycles. The summed E-state index contributed by atoms with van der Waals surface area (Å²) in [4.78, 5) is 10.5. The lowest BCUT2D eigenvalue weighted by Crippen LogP contribution is -2.02. The van der Waals surface area contributed by atoms with Crippen LogP contribution in [0.2, 0.25) is 0 Å². The molecule has 0 N–H and O–H groups in total. The summed E-state index contributed by atoms with van der Waals surface area (Å²) in [5.74, 6) is 0.464. The second-order valence-corrected chi connectivity index (χ2v) is 3.75. The van der Waals surface area contributed by atoms with Gasteiger partial charge in [-0.1, -0.05) is 42.3 Å². The first-order valence-electron chi connectivity index (χ1n) is 5.32. The molecule has 0 aliphatic heterocycles. The Morgan fingerprint density at radius 3 is 1.79 bits per heavy atom. The number of carbonyl (C=O) groups is 1. The van der Waals surface area contributed by atoms with E-state index in [1.165, 1.54) is 12.0 Å². The van der Waals surface area contributed by atoms with E-state index in [1.807, 2.05) is 18.2 Å². The molecule has 1 saturated carbocycles. The number of carbonyl (C=O) groups excluding carboxylic acids is 1. The van der Waals surface area contributed by atoms with Crippen LogP contribution in [0.1, 0.15) is 37.7 Å². The lowest BCUT2D eigenvalue weighted by Gasteiger charge is -2.05. The molecule has 0 saturated heterocycles. The van der Waals surface area contributed by atoms with Gasteiger partial charge in [-0.15, -0.1) is 0 Å². The molecule has 0 radical (unpaired) electrons. The van der Waals surface area contributed by atoms with Gasteiger partial charge in [0.1, 0.15) is 5.78 Å². The molecule has 14 heavy (non-hydrogen) atoms. The van der Waals surface area contributed by atoms with Gasteiger partial charge in [-0.2, -0.15) is 0 Å². The molecule has 0 spiro atoms. The van der Waals surface area contributed by atoms with Crippen molar-refractivity contribution in [1.29, 1.82) is 0 Å². The van der Waals surface area contributed by atoms with E-state index >= 15 is 0 Å². The van der Waals surface area contributed by atoms with Crippen LogP contribution in [0, 0.1) is 6.92 Å². The van der Waals surface area contributed by atoms with Crippen LogP contribution in [0.5, 0.6) is 0 Å². The number of benzene rings is 1. The number of rotatable bonds is 0. The molecule has 0 amide bonds. The van der Waals surface area contributed by atoms with Crippen LogP contribution in [0.25, 0.3) is 0 Å². The molecule has 1 nitrogen and oxygen atoms in total. The van der Waals surface area contributed by atoms with Crippen molar-refractivity contribution < 1.29 is 4.79 Å². The van der Waals surface area contributed by atoms with Gasteiger partial charge in [0, 0.05) is 12.8 Å². The zero-order valence-corrected chi connectivity index (χ0v) is 8.83. The first kappa shape index (κ1) is 11.0. The molecule has 0 aromatic heterocycles. The van der Waals surface area contributed by atoms with Gasteiger partial charge in [0.15, 0.2) is 0 Å². The van der Waals surface area contributed by atoms with Crippen LogP contribution in [0.15, 0.2) is 30.3 Å². The lowest BCUT2D eigenvalue weighted by molar-refractivity contribution is -0.120. The smallest absolute Gasteiger partial charge is 0.132 e. The van der Waals surface area contributed by atoms with Crippen molar-refractivity contribution in [2.75, 3.05) is 0 Å². The summed E-state index contributed by atoms with van der Waals surface area (Å²) in [7, 11) is 0. The van der Waals surface area contributed by atoms with Gasteiger partial charge in [-0.05, 0) is 19.8 Å². The monoisotopic (exact) mass is 190 g/mol. The molecule has 1 aromatic carbocycles. The minimum Gasteiger partial charge on any atom is -0.300 e. The molecule has 1 aliphatic rings. The largest absolute Gasteiger partial charge is 0.300 e. The molecule has 1 aliphatic carbocycles. The summed E-state index contributed by atoms with van der Waals surface area (Å²) in [6, 6.07) is 10.3. The highest BCUT2D eigenvalue weighted by Gasteiger charge is 2.05. The van der Waals surface area contributed by atoms with Crippen LogP contribution in [-0.4, -0.2) is 5.78 Å². The number of Topliss-reactive ketones (excluding diaryl/α,β-unsaturated/α-hetero) is 1. The van der Waals surface area contributed by atoms with Gasteiger partial charge in [-0.25, -0.2) is 0 Å². The van der Waals surface area contributed by atoms with Gasteiger partial charge in [0.2, 0.25) is 0 Å². The highest BCUT2D eigenvalue weighted by molar-refractivity contribution is 5.78. The van der Waals surface area contributed by atoms with Gasteiger partial charge in [0.05, 0.1) is 0 Å². The zero-order valence-electron chi connectivity index (χ0n) is 8.83. The lowest BCUT2D eigenvalue weighted by atomic mass is 10.00. The average Bonchev–Trinajstić information content (AvgIpc) is 2.21. The van der Waals surface area contributed by atoms with Crippen molar-refractivity contribution in [3.8, 4) is 0 Å². The topological polar surface area (TPSA) is 17.1 Å². The molecular formula is C13H18O. The fourth-order valence-corrected chi connectivity index (χ4v) is 1.48. The molecule has 1 heteroatoms. The van der Waals surface area contributed by atoms with Crippen LogP contribution in [0.3, 0.4) is 0 Å². The van der Waals surface area contributed by atoms with Gasteiger partial charge >= 0.3 is 0 Å². The maximum absolute atomic E-state index is 10.5. The fraction of sp³-hybridized carbons (Fsp3) is 0.462. The van der Waals surface area contributed by atoms with E-state index in [4.69, 9.17) is 0 Å². The van der Waals surface area contributed by atoms with Crippen LogP contribution in [0.4, 0.5) is 0 Å². The van der Waals surface area contributed by atoms with E-state index in [0.29, 0.717) is 5.78 Å². The third-order valence-electron chi connectivity index (χ3n) is 2.35. The summed E-state index contributed by atoms with van der Waals surface area (Å²) in [5.41, 5.74) is 1.32. The highest BCUT2D eigenvalue weighted by atomic mass is 16.1. The molecular weight excluding hydrogens is 172 g/mol. The molecule has 0 unspecified atom stereocenters. The van der Waals surface area contributed by atoms with E-state index in [9.17, 15) is 4.79 Å². The first-order valence-corrected chi connectivity index (χ1v) is 5.32. The number of hydrogen-bond donors (Lipinski definition) is 0. The number of aryl methyl sites for hydroxylation is 1. The van der Waals surface area contributed by atoms with E-state index in [2.05, 4.69) is 19.1 Å². The van der Waals surface area contributed by atoms with Crippen molar-refractivity contribution in [2.24, 2.45) is 0 Å². The Hall–Kier alpha value is -1.11. The molecule has 76 valence electrons. The number of hydrogen-bond acceptors (Lipinski definition) is 1. The van der Waals surface area contributed by atoms with E-state index in [0.717, 1.165) is 25.7 Å². The third kappa shape index (κ3) is 4.80. The Bertz CT molecular complexity index is 256. The minimum atomic E-state index is 0.464. The second-order valence-electron chi connectivity index (χ2n) is 3.75. The van der Waals surface area contributed by atoms with E-state index in [-0.39, 0.29) is 0 Å². The van der Waals surface area contributed by atoms with Crippen molar-refractivity contribution >= 4 is 5.78 Å². The predicted octanol–water partition coefficient (Wildman–Crippen LogP) is 3.51. The summed E-state index contributed by atoms with van der Waals surface area (Å²) < 4.78 is 0. The summed E-state index contributed by atoms with van der Waals surface area (Å²) in [6.45, 7) is 2.08. The Labute approximate surface area is 86.1 Å². The quantitative estimate of drug-likeness (QED) is 0.611. The maximum atomic E-state index is 10.5. The molecule has 2 rings (SSSR count). The molecule has 1 aromatic rings. The van der Waals surface area contributed by atoms with Gasteiger partial charge in [0.25, 0.3) is 0 Å². The molecule has 1 fully saturated rings. The molecule has 0 atom stereocenters. The normalized spacial score (nSPS) is 15.6. The fourth-order valence-electron chi connectivity index (χ4n) is 1.48. The number of ketones is 1. The van der Waals surface area contributed by atoms with Crippen molar-refractivity contribution in [2.45, 2.75) is 39.0 Å². The van der Waals surface area contributed by atoms with E-state index in [1.54, 1.807) is 0 Å². The van der Waals surface area contributed by atoms with Crippen molar-refractivity contribution in [3.63, 3.8) is 0 Å². The van der Waals surface area contributed by atoms with Gasteiger partial charge in [-0.3, -0.25) is 4.79 Å². The van der Waals surface area contributed by atoms with Crippen LogP contribution in [-0.2, 0) is 4.79 Å². The first-order chi connectivity index (χ1) is 6.79. The maximum Gasteiger partial charge on any atom is 0.132 e. The van der Waals surface area contributed by atoms with Crippen molar-refractivity contribution in [1.82, 2.24) is 0 Å². The highest BCUT2D eigenvalue weighted by Crippen LogP contribution is 2.12. The Balaban J connectivity index is 0.000000140. The SMILES string of the molecule is Cc1ccccc1.O=C1CCCCC1. The predicted molar refractivity (Wildman–Crippen MR) is 59.3 cm³/mol. The Morgan fingerprint density at radius 1 is 0.929 bits per heavy atom. The average molecular weight is 190 g/mol. The van der Waals surface area contributed by atoms with Gasteiger partial charge < -0.3 is 0 Å². The van der Waals surface area contributed by atoms with Crippen molar-refractivity contribution in [3.05, 3.63) is 35.9 Å². The third-order valence-corrected chi connectivity index (χ3v) is 2.35. The second kappa shape index (κ2) is 6.36.